The van der Waals surface area contributed by atoms with Gasteiger partial charge in [-0.3, -0.25) is 10.00 Å². The fourth-order valence-electron chi connectivity index (χ4n) is 2.80. The van der Waals surface area contributed by atoms with E-state index in [2.05, 4.69) is 33.3 Å². The number of benzene rings is 1. The summed E-state index contributed by atoms with van der Waals surface area (Å²) in [4.78, 5) is 2.48. The number of H-pyrrole nitrogens is 1. The molecule has 1 aromatic heterocycles. The molecule has 0 saturated carbocycles. The fraction of sp³-hybridized carbons (Fsp3) is 0.400. The molecule has 3 rings (SSSR count). The van der Waals surface area contributed by atoms with Gasteiger partial charge >= 0.3 is 0 Å². The van der Waals surface area contributed by atoms with Crippen LogP contribution >= 0.6 is 0 Å². The van der Waals surface area contributed by atoms with Gasteiger partial charge in [-0.2, -0.15) is 5.10 Å². The fourth-order valence-corrected chi connectivity index (χ4v) is 2.80. The molecule has 0 unspecified atom stereocenters. The zero-order chi connectivity index (χ0) is 13.1. The molecule has 4 nitrogen and oxygen atoms in total. The van der Waals surface area contributed by atoms with Crippen LogP contribution in [0.2, 0.25) is 0 Å². The molecule has 0 aliphatic carbocycles. The van der Waals surface area contributed by atoms with Crippen molar-refractivity contribution in [2.75, 3.05) is 20.2 Å². The van der Waals surface area contributed by atoms with Crippen LogP contribution in [-0.2, 0) is 6.54 Å². The van der Waals surface area contributed by atoms with Gasteiger partial charge in [-0.05, 0) is 25.1 Å². The smallest absolute Gasteiger partial charge is 0.123 e. The summed E-state index contributed by atoms with van der Waals surface area (Å²) in [5, 5.41) is 7.12. The van der Waals surface area contributed by atoms with E-state index in [-0.39, 0.29) is 0 Å². The average Bonchev–Trinajstić information content (AvgIpc) is 3.09. The molecule has 1 aliphatic heterocycles. The highest BCUT2D eigenvalue weighted by Gasteiger charge is 2.25. The van der Waals surface area contributed by atoms with Crippen molar-refractivity contribution in [2.45, 2.75) is 18.9 Å². The van der Waals surface area contributed by atoms with Crippen molar-refractivity contribution in [1.29, 1.82) is 0 Å². The summed E-state index contributed by atoms with van der Waals surface area (Å²) < 4.78 is 5.41. The van der Waals surface area contributed by atoms with Crippen LogP contribution in [-0.4, -0.2) is 35.3 Å². The molecule has 0 radical (unpaired) electrons. The van der Waals surface area contributed by atoms with E-state index in [9.17, 15) is 0 Å². The lowest BCUT2D eigenvalue weighted by Gasteiger charge is -2.17. The first kappa shape index (κ1) is 12.2. The number of hydrogen-bond acceptors (Lipinski definition) is 3. The molecule has 0 spiro atoms. The summed E-state index contributed by atoms with van der Waals surface area (Å²) >= 11 is 0. The third kappa shape index (κ3) is 2.63. The van der Waals surface area contributed by atoms with Crippen LogP contribution in [0.1, 0.15) is 23.6 Å². The Bertz CT molecular complexity index is 524. The second-order valence-electron chi connectivity index (χ2n) is 5.04. The molecule has 1 aliphatic rings. The van der Waals surface area contributed by atoms with E-state index in [1.807, 2.05) is 18.3 Å². The first-order valence-corrected chi connectivity index (χ1v) is 6.70. The van der Waals surface area contributed by atoms with Crippen molar-refractivity contribution in [3.8, 4) is 5.75 Å². The Hall–Kier alpha value is -1.81. The molecular formula is C15H19N3O. The first-order valence-electron chi connectivity index (χ1n) is 6.70. The predicted octanol–water partition coefficient (Wildman–Crippen LogP) is 2.41. The molecule has 2 aromatic rings. The summed E-state index contributed by atoms with van der Waals surface area (Å²) in [6.07, 6.45) is 3.02. The molecule has 1 N–H and O–H groups in total. The van der Waals surface area contributed by atoms with Gasteiger partial charge in [0.25, 0.3) is 0 Å². The maximum Gasteiger partial charge on any atom is 0.123 e. The summed E-state index contributed by atoms with van der Waals surface area (Å²) in [6.45, 7) is 3.16. The third-order valence-electron chi connectivity index (χ3n) is 3.82. The Morgan fingerprint density at radius 3 is 3.05 bits per heavy atom. The summed E-state index contributed by atoms with van der Waals surface area (Å²) in [5.41, 5.74) is 2.51. The van der Waals surface area contributed by atoms with E-state index in [0.29, 0.717) is 5.92 Å². The molecule has 0 bridgehead atoms. The van der Waals surface area contributed by atoms with E-state index >= 15 is 0 Å². The number of hydrogen-bond donors (Lipinski definition) is 1. The molecule has 1 saturated heterocycles. The third-order valence-corrected chi connectivity index (χ3v) is 3.82. The van der Waals surface area contributed by atoms with Crippen molar-refractivity contribution in [2.24, 2.45) is 0 Å². The normalized spacial score (nSPS) is 19.7. The maximum absolute atomic E-state index is 5.41. The molecule has 1 aromatic carbocycles. The van der Waals surface area contributed by atoms with Crippen molar-refractivity contribution < 1.29 is 4.74 Å². The minimum Gasteiger partial charge on any atom is -0.496 e. The number of rotatable bonds is 4. The highest BCUT2D eigenvalue weighted by Crippen LogP contribution is 2.28. The second-order valence-corrected chi connectivity index (χ2v) is 5.04. The largest absolute Gasteiger partial charge is 0.496 e. The molecular weight excluding hydrogens is 238 g/mol. The van der Waals surface area contributed by atoms with Crippen molar-refractivity contribution in [3.63, 3.8) is 0 Å². The minimum absolute atomic E-state index is 0.581. The van der Waals surface area contributed by atoms with Crippen LogP contribution in [0.4, 0.5) is 0 Å². The topological polar surface area (TPSA) is 41.1 Å². The Balaban J connectivity index is 1.66. The van der Waals surface area contributed by atoms with Crippen LogP contribution in [0.5, 0.6) is 5.75 Å². The van der Waals surface area contributed by atoms with Gasteiger partial charge in [-0.1, -0.05) is 18.2 Å². The lowest BCUT2D eigenvalue weighted by molar-refractivity contribution is 0.316. The molecule has 4 heteroatoms. The van der Waals surface area contributed by atoms with Gasteiger partial charge in [0.1, 0.15) is 5.75 Å². The van der Waals surface area contributed by atoms with Gasteiger partial charge < -0.3 is 4.74 Å². The minimum atomic E-state index is 0.581. The number of aromatic amines is 1. The Labute approximate surface area is 113 Å². The highest BCUT2D eigenvalue weighted by atomic mass is 16.5. The lowest BCUT2D eigenvalue weighted by atomic mass is 10.1. The van der Waals surface area contributed by atoms with Crippen molar-refractivity contribution in [3.05, 3.63) is 47.8 Å². The Kier molecular flexibility index (Phi) is 3.51. The number of methoxy groups -OCH3 is 1. The van der Waals surface area contributed by atoms with Crippen LogP contribution in [0.25, 0.3) is 0 Å². The number of para-hydroxylation sites is 1. The van der Waals surface area contributed by atoms with Gasteiger partial charge in [0.2, 0.25) is 0 Å². The van der Waals surface area contributed by atoms with Crippen LogP contribution < -0.4 is 4.74 Å². The zero-order valence-corrected chi connectivity index (χ0v) is 11.2. The van der Waals surface area contributed by atoms with Gasteiger partial charge in [0.15, 0.2) is 0 Å². The van der Waals surface area contributed by atoms with E-state index in [1.165, 1.54) is 17.7 Å². The monoisotopic (exact) mass is 257 g/mol. The average molecular weight is 257 g/mol. The van der Waals surface area contributed by atoms with Crippen LogP contribution in [0.3, 0.4) is 0 Å². The number of aromatic nitrogens is 2. The van der Waals surface area contributed by atoms with Gasteiger partial charge in [0, 0.05) is 36.5 Å². The van der Waals surface area contributed by atoms with Crippen LogP contribution in [0.15, 0.2) is 36.5 Å². The molecule has 1 fully saturated rings. The number of nitrogens with one attached hydrogen (secondary N) is 1. The summed E-state index contributed by atoms with van der Waals surface area (Å²) in [5.74, 6) is 1.56. The standard InChI is InChI=1S/C15H19N3O/c1-19-15-5-3-2-4-13(15)11-18-9-7-12(10-18)14-6-8-16-17-14/h2-6,8,12H,7,9-11H2,1H3,(H,16,17)/t12-/m0/s1. The number of likely N-dealkylation sites (tertiary alicyclic amines) is 1. The van der Waals surface area contributed by atoms with E-state index in [1.54, 1.807) is 7.11 Å². The Morgan fingerprint density at radius 1 is 1.37 bits per heavy atom. The van der Waals surface area contributed by atoms with E-state index in [4.69, 9.17) is 4.74 Å². The van der Waals surface area contributed by atoms with E-state index in [0.717, 1.165) is 25.4 Å². The first-order chi connectivity index (χ1) is 9.36. The zero-order valence-electron chi connectivity index (χ0n) is 11.2. The van der Waals surface area contributed by atoms with Crippen LogP contribution in [0, 0.1) is 0 Å². The Morgan fingerprint density at radius 2 is 2.26 bits per heavy atom. The molecule has 100 valence electrons. The lowest BCUT2D eigenvalue weighted by Crippen LogP contribution is -2.20. The van der Waals surface area contributed by atoms with Crippen molar-refractivity contribution >= 4 is 0 Å². The predicted molar refractivity (Wildman–Crippen MR) is 74.2 cm³/mol. The van der Waals surface area contributed by atoms with Gasteiger partial charge in [-0.15, -0.1) is 0 Å². The quantitative estimate of drug-likeness (QED) is 0.914. The van der Waals surface area contributed by atoms with Crippen molar-refractivity contribution in [1.82, 2.24) is 15.1 Å². The summed E-state index contributed by atoms with van der Waals surface area (Å²) in [7, 11) is 1.73. The number of nitrogens with zero attached hydrogens (tertiary/aromatic N) is 2. The van der Waals surface area contributed by atoms with E-state index < -0.39 is 0 Å². The number of ether oxygens (including phenoxy) is 1. The SMILES string of the molecule is COc1ccccc1CN1CC[C@H](c2ccn[nH]2)C1. The molecule has 1 atom stereocenters. The molecule has 2 heterocycles. The van der Waals surface area contributed by atoms with Gasteiger partial charge in [0.05, 0.1) is 7.11 Å². The maximum atomic E-state index is 5.41. The summed E-state index contributed by atoms with van der Waals surface area (Å²) in [6, 6.07) is 10.3. The van der Waals surface area contributed by atoms with Gasteiger partial charge in [-0.25, -0.2) is 0 Å². The molecule has 19 heavy (non-hydrogen) atoms. The second kappa shape index (κ2) is 5.45. The molecule has 0 amide bonds. The highest BCUT2D eigenvalue weighted by molar-refractivity contribution is 5.33.